The minimum Gasteiger partial charge on any atom is -0.493 e. The fourth-order valence-corrected chi connectivity index (χ4v) is 5.83. The number of ether oxygens (including phenoxy) is 2. The second-order valence-corrected chi connectivity index (χ2v) is 11.9. The second kappa shape index (κ2) is 13.9. The molecule has 0 spiro atoms. The Bertz CT molecular complexity index is 1500. The number of aryl methyl sites for hydroxylation is 1. The van der Waals surface area contributed by atoms with Crippen LogP contribution in [0.25, 0.3) is 0 Å². The number of rotatable bonds is 12. The van der Waals surface area contributed by atoms with Gasteiger partial charge >= 0.3 is 0 Å². The van der Waals surface area contributed by atoms with Crippen LogP contribution in [0.15, 0.2) is 65.6 Å². The molecule has 0 saturated carbocycles. The standard InChI is InChI=1S/C29H33Cl2N3O6S/c1-6-32-29(36)20(3)33(17-21-9-13-24(30)25(31)15-21)28(35)18-34(22-10-7-19(2)8-11-22)41(37,38)23-12-14-26(39-4)27(16-23)40-5/h7-16,20H,6,17-18H2,1-5H3,(H,32,36). The predicted molar refractivity (Wildman–Crippen MR) is 160 cm³/mol. The van der Waals surface area contributed by atoms with E-state index in [0.29, 0.717) is 27.9 Å². The molecule has 0 aliphatic carbocycles. The van der Waals surface area contributed by atoms with E-state index < -0.39 is 28.5 Å². The van der Waals surface area contributed by atoms with Crippen molar-refractivity contribution in [1.82, 2.24) is 10.2 Å². The number of anilines is 1. The molecule has 0 heterocycles. The van der Waals surface area contributed by atoms with Gasteiger partial charge in [0.05, 0.1) is 34.8 Å². The van der Waals surface area contributed by atoms with E-state index in [2.05, 4.69) is 5.32 Å². The van der Waals surface area contributed by atoms with Crippen LogP contribution < -0.4 is 19.1 Å². The lowest BCUT2D eigenvalue weighted by Crippen LogP contribution is -2.51. The van der Waals surface area contributed by atoms with Gasteiger partial charge < -0.3 is 19.7 Å². The van der Waals surface area contributed by atoms with E-state index in [1.165, 1.54) is 37.3 Å². The summed E-state index contributed by atoms with van der Waals surface area (Å²) in [5.74, 6) is -0.409. The number of hydrogen-bond donors (Lipinski definition) is 1. The molecule has 1 unspecified atom stereocenters. The molecule has 3 rings (SSSR count). The van der Waals surface area contributed by atoms with Crippen molar-refractivity contribution in [2.75, 3.05) is 31.6 Å². The fraction of sp³-hybridized carbons (Fsp3) is 0.310. The number of sulfonamides is 1. The van der Waals surface area contributed by atoms with Gasteiger partial charge in [-0.15, -0.1) is 0 Å². The second-order valence-electron chi connectivity index (χ2n) is 9.20. The van der Waals surface area contributed by atoms with Crippen molar-refractivity contribution in [3.05, 3.63) is 81.8 Å². The smallest absolute Gasteiger partial charge is 0.264 e. The first kappa shape index (κ1) is 32.0. The highest BCUT2D eigenvalue weighted by atomic mass is 35.5. The Hall–Kier alpha value is -3.47. The van der Waals surface area contributed by atoms with Crippen LogP contribution in [0.5, 0.6) is 11.5 Å². The molecule has 1 N–H and O–H groups in total. The van der Waals surface area contributed by atoms with Gasteiger partial charge in [-0.2, -0.15) is 0 Å². The molecule has 0 radical (unpaired) electrons. The monoisotopic (exact) mass is 621 g/mol. The van der Waals surface area contributed by atoms with Crippen LogP contribution in [0.4, 0.5) is 5.69 Å². The molecular formula is C29H33Cl2N3O6S. The van der Waals surface area contributed by atoms with Crippen molar-refractivity contribution in [3.8, 4) is 11.5 Å². The average Bonchev–Trinajstić information content (AvgIpc) is 2.96. The zero-order chi connectivity index (χ0) is 30.3. The Balaban J connectivity index is 2.07. The molecule has 41 heavy (non-hydrogen) atoms. The van der Waals surface area contributed by atoms with Crippen LogP contribution in [-0.2, 0) is 26.2 Å². The van der Waals surface area contributed by atoms with Crippen LogP contribution in [0.1, 0.15) is 25.0 Å². The highest BCUT2D eigenvalue weighted by Gasteiger charge is 2.33. The molecule has 12 heteroatoms. The van der Waals surface area contributed by atoms with Crippen LogP contribution in [-0.4, -0.2) is 58.5 Å². The molecule has 3 aromatic carbocycles. The van der Waals surface area contributed by atoms with Gasteiger partial charge in [0.1, 0.15) is 12.6 Å². The fourth-order valence-electron chi connectivity index (χ4n) is 4.08. The number of methoxy groups -OCH3 is 2. The molecule has 3 aromatic rings. The SMILES string of the molecule is CCNC(=O)C(C)N(Cc1ccc(Cl)c(Cl)c1)C(=O)CN(c1ccc(C)cc1)S(=O)(=O)c1ccc(OC)c(OC)c1. The molecule has 0 aliphatic heterocycles. The summed E-state index contributed by atoms with van der Waals surface area (Å²) in [5, 5.41) is 3.36. The number of carbonyl (C=O) groups is 2. The third-order valence-corrected chi connectivity index (χ3v) is 8.91. The summed E-state index contributed by atoms with van der Waals surface area (Å²) in [6.07, 6.45) is 0. The number of nitrogens with one attached hydrogen (secondary N) is 1. The molecule has 0 aliphatic rings. The van der Waals surface area contributed by atoms with Gasteiger partial charge in [0, 0.05) is 19.2 Å². The summed E-state index contributed by atoms with van der Waals surface area (Å²) in [7, 11) is -1.44. The third-order valence-electron chi connectivity index (χ3n) is 6.40. The molecule has 9 nitrogen and oxygen atoms in total. The molecule has 1 atom stereocenters. The maximum Gasteiger partial charge on any atom is 0.264 e. The number of hydrogen-bond acceptors (Lipinski definition) is 6. The number of halogens is 2. The lowest BCUT2D eigenvalue weighted by Gasteiger charge is -2.32. The summed E-state index contributed by atoms with van der Waals surface area (Å²) >= 11 is 12.3. The Kier molecular flexibility index (Phi) is 10.9. The Morgan fingerprint density at radius 3 is 2.17 bits per heavy atom. The van der Waals surface area contributed by atoms with Crippen molar-refractivity contribution in [3.63, 3.8) is 0 Å². The van der Waals surface area contributed by atoms with Gasteiger partial charge in [-0.05, 0) is 62.7 Å². The summed E-state index contributed by atoms with van der Waals surface area (Å²) in [6, 6.07) is 14.9. The van der Waals surface area contributed by atoms with Crippen LogP contribution in [0.3, 0.4) is 0 Å². The molecule has 0 aromatic heterocycles. The minimum absolute atomic E-state index is 0.00777. The normalized spacial score (nSPS) is 11.9. The lowest BCUT2D eigenvalue weighted by atomic mass is 10.1. The molecule has 2 amide bonds. The molecular weight excluding hydrogens is 589 g/mol. The zero-order valence-corrected chi connectivity index (χ0v) is 25.8. The van der Waals surface area contributed by atoms with Gasteiger partial charge in [-0.1, -0.05) is 47.0 Å². The molecule has 220 valence electrons. The van der Waals surface area contributed by atoms with Crippen molar-refractivity contribution in [2.45, 2.75) is 38.3 Å². The highest BCUT2D eigenvalue weighted by Crippen LogP contribution is 2.32. The van der Waals surface area contributed by atoms with Crippen LogP contribution >= 0.6 is 23.2 Å². The first-order valence-corrected chi connectivity index (χ1v) is 14.9. The number of carbonyl (C=O) groups excluding carboxylic acids is 2. The van der Waals surface area contributed by atoms with Crippen molar-refractivity contribution >= 4 is 50.7 Å². The molecule has 0 bridgehead atoms. The predicted octanol–water partition coefficient (Wildman–Crippen LogP) is 5.07. The molecule has 0 saturated heterocycles. The van der Waals surface area contributed by atoms with E-state index >= 15 is 0 Å². The Morgan fingerprint density at radius 1 is 0.927 bits per heavy atom. The van der Waals surface area contributed by atoms with Gasteiger partial charge in [-0.25, -0.2) is 8.42 Å². The van der Waals surface area contributed by atoms with E-state index in [1.54, 1.807) is 56.3 Å². The minimum atomic E-state index is -4.28. The van der Waals surface area contributed by atoms with Crippen molar-refractivity contribution in [1.29, 1.82) is 0 Å². The summed E-state index contributed by atoms with van der Waals surface area (Å²) in [4.78, 5) is 28.0. The first-order chi connectivity index (χ1) is 19.4. The van der Waals surface area contributed by atoms with Crippen LogP contribution in [0.2, 0.25) is 10.0 Å². The van der Waals surface area contributed by atoms with Crippen molar-refractivity contribution < 1.29 is 27.5 Å². The number of benzene rings is 3. The maximum absolute atomic E-state index is 14.0. The van der Waals surface area contributed by atoms with Crippen molar-refractivity contribution in [2.24, 2.45) is 0 Å². The first-order valence-electron chi connectivity index (χ1n) is 12.8. The Labute approximate surface area is 251 Å². The highest BCUT2D eigenvalue weighted by molar-refractivity contribution is 7.92. The van der Waals surface area contributed by atoms with E-state index in [9.17, 15) is 18.0 Å². The molecule has 0 fully saturated rings. The maximum atomic E-state index is 14.0. The topological polar surface area (TPSA) is 105 Å². The van der Waals surface area contributed by atoms with Gasteiger partial charge in [0.25, 0.3) is 10.0 Å². The summed E-state index contributed by atoms with van der Waals surface area (Å²) < 4.78 is 39.7. The average molecular weight is 623 g/mol. The zero-order valence-electron chi connectivity index (χ0n) is 23.5. The van der Waals surface area contributed by atoms with E-state index in [4.69, 9.17) is 32.7 Å². The van der Waals surface area contributed by atoms with E-state index in [1.807, 2.05) is 6.92 Å². The van der Waals surface area contributed by atoms with E-state index in [-0.39, 0.29) is 28.8 Å². The van der Waals surface area contributed by atoms with E-state index in [0.717, 1.165) is 9.87 Å². The van der Waals surface area contributed by atoms with Gasteiger partial charge in [0.15, 0.2) is 11.5 Å². The van der Waals surface area contributed by atoms with Gasteiger partial charge in [0.2, 0.25) is 11.8 Å². The quantitative estimate of drug-likeness (QED) is 0.303. The number of amides is 2. The third kappa shape index (κ3) is 7.63. The lowest BCUT2D eigenvalue weighted by molar-refractivity contribution is -0.139. The summed E-state index contributed by atoms with van der Waals surface area (Å²) in [5.41, 5.74) is 1.81. The largest absolute Gasteiger partial charge is 0.493 e. The Morgan fingerprint density at radius 2 is 1.59 bits per heavy atom. The summed E-state index contributed by atoms with van der Waals surface area (Å²) in [6.45, 7) is 5.00. The van der Waals surface area contributed by atoms with Crippen LogP contribution in [0, 0.1) is 6.92 Å². The number of likely N-dealkylation sites (N-methyl/N-ethyl adjacent to an activating group) is 1. The number of nitrogens with zero attached hydrogens (tertiary/aromatic N) is 2. The van der Waals surface area contributed by atoms with Gasteiger partial charge in [-0.3, -0.25) is 13.9 Å².